The summed E-state index contributed by atoms with van der Waals surface area (Å²) in [5, 5.41) is 18.4. The van der Waals surface area contributed by atoms with Gasteiger partial charge in [-0.15, -0.1) is 5.10 Å². The lowest BCUT2D eigenvalue weighted by molar-refractivity contribution is -0.121. The minimum atomic E-state index is -0.330. The number of pyridine rings is 1. The number of aromatic nitrogens is 4. The first-order valence-corrected chi connectivity index (χ1v) is 14.0. The smallest absolute Gasteiger partial charge is 0.276 e. The SMILES string of the molecule is O=C(Nc1ccnc(Cl)c1)c1cnc2c(NC3CC3)cc(NC3CCC(CC(=O)[C@H]4CCCN4)CC3)nn12. The number of halogens is 1. The van der Waals surface area contributed by atoms with Crippen molar-refractivity contribution in [2.45, 2.75) is 75.9 Å². The van der Waals surface area contributed by atoms with Crippen molar-refractivity contribution < 1.29 is 9.59 Å². The van der Waals surface area contributed by atoms with Gasteiger partial charge in [-0.3, -0.25) is 9.59 Å². The molecule has 3 aromatic heterocycles. The van der Waals surface area contributed by atoms with Crippen LogP contribution in [-0.4, -0.2) is 55.9 Å². The van der Waals surface area contributed by atoms with Gasteiger partial charge >= 0.3 is 0 Å². The Morgan fingerprint density at radius 2 is 1.82 bits per heavy atom. The zero-order chi connectivity index (χ0) is 26.1. The van der Waals surface area contributed by atoms with Gasteiger partial charge in [0.05, 0.1) is 17.9 Å². The number of amides is 1. The first-order chi connectivity index (χ1) is 18.5. The van der Waals surface area contributed by atoms with Crippen LogP contribution >= 0.6 is 11.6 Å². The average molecular weight is 537 g/mol. The monoisotopic (exact) mass is 536 g/mol. The van der Waals surface area contributed by atoms with Crippen LogP contribution in [0.3, 0.4) is 0 Å². The van der Waals surface area contributed by atoms with E-state index in [0.717, 1.165) is 63.6 Å². The van der Waals surface area contributed by atoms with E-state index in [1.54, 1.807) is 29.0 Å². The lowest BCUT2D eigenvalue weighted by atomic mass is 9.82. The maximum atomic E-state index is 13.1. The molecule has 0 bridgehead atoms. The van der Waals surface area contributed by atoms with Crippen molar-refractivity contribution in [3.8, 4) is 0 Å². The second kappa shape index (κ2) is 10.9. The summed E-state index contributed by atoms with van der Waals surface area (Å²) in [7, 11) is 0. The van der Waals surface area contributed by atoms with Crippen molar-refractivity contribution in [3.05, 3.63) is 41.4 Å². The molecule has 0 aromatic carbocycles. The fraction of sp³-hybridized carbons (Fsp3) is 0.519. The molecule has 200 valence electrons. The molecule has 2 aliphatic carbocycles. The van der Waals surface area contributed by atoms with Crippen molar-refractivity contribution in [2.24, 2.45) is 5.92 Å². The molecule has 0 radical (unpaired) electrons. The zero-order valence-corrected chi connectivity index (χ0v) is 22.0. The van der Waals surface area contributed by atoms with Gasteiger partial charge < -0.3 is 21.3 Å². The summed E-state index contributed by atoms with van der Waals surface area (Å²) in [5.41, 5.74) is 2.36. The third-order valence-corrected chi connectivity index (χ3v) is 7.97. The number of nitrogens with zero attached hydrogens (tertiary/aromatic N) is 4. The van der Waals surface area contributed by atoms with Gasteiger partial charge in [-0.25, -0.2) is 14.5 Å². The van der Waals surface area contributed by atoms with E-state index in [1.165, 1.54) is 0 Å². The van der Waals surface area contributed by atoms with Crippen molar-refractivity contribution in [1.82, 2.24) is 24.9 Å². The molecule has 4 heterocycles. The Morgan fingerprint density at radius 3 is 2.55 bits per heavy atom. The van der Waals surface area contributed by atoms with Crippen LogP contribution in [0.1, 0.15) is 68.3 Å². The molecule has 3 fully saturated rings. The van der Waals surface area contributed by atoms with Gasteiger partial charge in [-0.2, -0.15) is 0 Å². The number of hydrogen-bond acceptors (Lipinski definition) is 8. The Morgan fingerprint density at radius 1 is 1.03 bits per heavy atom. The standard InChI is InChI=1S/C27H33ClN8O2/c28-24-13-19(9-11-30-24)34-27(38)22-15-31-26-21(32-17-7-8-17)14-25(35-36(22)26)33-18-5-3-16(4-6-18)12-23(37)20-2-1-10-29-20/h9,11,13-18,20,29,32H,1-8,10,12H2,(H,33,35)(H,30,34,38)/t16?,18?,20-/m1/s1. The van der Waals surface area contributed by atoms with Gasteiger partial charge in [0.15, 0.2) is 11.3 Å². The highest BCUT2D eigenvalue weighted by molar-refractivity contribution is 6.29. The van der Waals surface area contributed by atoms with Gasteiger partial charge in [-0.05, 0) is 76.0 Å². The number of nitrogens with one attached hydrogen (secondary N) is 4. The largest absolute Gasteiger partial charge is 0.379 e. The van der Waals surface area contributed by atoms with Gasteiger partial charge in [0.2, 0.25) is 0 Å². The number of anilines is 3. The van der Waals surface area contributed by atoms with E-state index in [9.17, 15) is 9.59 Å². The minimum Gasteiger partial charge on any atom is -0.379 e. The minimum absolute atomic E-state index is 0.0660. The third kappa shape index (κ3) is 5.76. The summed E-state index contributed by atoms with van der Waals surface area (Å²) < 4.78 is 1.60. The van der Waals surface area contributed by atoms with Crippen LogP contribution in [0, 0.1) is 5.92 Å². The van der Waals surface area contributed by atoms with Crippen LogP contribution in [0.5, 0.6) is 0 Å². The molecule has 1 amide bonds. The average Bonchev–Trinajstić information content (AvgIpc) is 3.36. The van der Waals surface area contributed by atoms with Gasteiger partial charge in [0, 0.05) is 36.5 Å². The molecule has 6 rings (SSSR count). The normalized spacial score (nSPS) is 23.3. The van der Waals surface area contributed by atoms with Crippen LogP contribution in [0.4, 0.5) is 17.2 Å². The van der Waals surface area contributed by atoms with E-state index in [1.807, 2.05) is 6.07 Å². The fourth-order valence-electron chi connectivity index (χ4n) is 5.53. The summed E-state index contributed by atoms with van der Waals surface area (Å²) in [4.78, 5) is 34.2. The molecule has 3 aromatic rings. The number of imidazole rings is 1. The quantitative estimate of drug-likeness (QED) is 0.298. The highest BCUT2D eigenvalue weighted by Gasteiger charge is 2.29. The topological polar surface area (TPSA) is 125 Å². The number of fused-ring (bicyclic) bond motifs is 1. The van der Waals surface area contributed by atoms with Crippen molar-refractivity contribution >= 4 is 46.1 Å². The Labute approximate surface area is 226 Å². The number of carbonyl (C=O) groups excluding carboxylic acids is 2. The number of rotatable bonds is 9. The van der Waals surface area contributed by atoms with Crippen molar-refractivity contribution in [3.63, 3.8) is 0 Å². The molecule has 1 atom stereocenters. The molecular weight excluding hydrogens is 504 g/mol. The van der Waals surface area contributed by atoms with E-state index in [-0.39, 0.29) is 18.0 Å². The molecular formula is C27H33ClN8O2. The summed E-state index contributed by atoms with van der Waals surface area (Å²) in [6, 6.07) is 6.02. The predicted octanol–water partition coefficient (Wildman–Crippen LogP) is 4.29. The Bertz CT molecular complexity index is 1330. The van der Waals surface area contributed by atoms with Crippen LogP contribution < -0.4 is 21.3 Å². The number of ketones is 1. The van der Waals surface area contributed by atoms with Gasteiger partial charge in [-0.1, -0.05) is 11.6 Å². The van der Waals surface area contributed by atoms with E-state index in [0.29, 0.717) is 52.2 Å². The molecule has 10 nitrogen and oxygen atoms in total. The van der Waals surface area contributed by atoms with Crippen molar-refractivity contribution in [1.29, 1.82) is 0 Å². The lowest BCUT2D eigenvalue weighted by Gasteiger charge is -2.29. The number of carbonyl (C=O) groups is 2. The molecule has 0 spiro atoms. The van der Waals surface area contributed by atoms with E-state index >= 15 is 0 Å². The van der Waals surface area contributed by atoms with Crippen LogP contribution in [-0.2, 0) is 4.79 Å². The predicted molar refractivity (Wildman–Crippen MR) is 147 cm³/mol. The molecule has 4 N–H and O–H groups in total. The third-order valence-electron chi connectivity index (χ3n) is 7.76. The zero-order valence-electron chi connectivity index (χ0n) is 21.3. The highest BCUT2D eigenvalue weighted by atomic mass is 35.5. The molecule has 0 unspecified atom stereocenters. The van der Waals surface area contributed by atoms with E-state index in [2.05, 4.69) is 31.2 Å². The van der Waals surface area contributed by atoms with Crippen LogP contribution in [0.25, 0.3) is 5.65 Å². The number of hydrogen-bond donors (Lipinski definition) is 4. The van der Waals surface area contributed by atoms with Crippen LogP contribution in [0.15, 0.2) is 30.6 Å². The molecule has 11 heteroatoms. The fourth-order valence-corrected chi connectivity index (χ4v) is 5.70. The summed E-state index contributed by atoms with van der Waals surface area (Å²) in [6.07, 6.45) is 12.1. The Kier molecular flexibility index (Phi) is 7.16. The molecule has 1 aliphatic heterocycles. The first kappa shape index (κ1) is 25.1. The Hall–Kier alpha value is -3.24. The van der Waals surface area contributed by atoms with Crippen molar-refractivity contribution in [2.75, 3.05) is 22.5 Å². The number of Topliss-reactive ketones (excluding diaryl/α,β-unsaturated/α-hetero) is 1. The maximum absolute atomic E-state index is 13.1. The van der Waals surface area contributed by atoms with E-state index in [4.69, 9.17) is 16.7 Å². The van der Waals surface area contributed by atoms with Crippen LogP contribution in [0.2, 0.25) is 5.15 Å². The summed E-state index contributed by atoms with van der Waals surface area (Å²) in [5.74, 6) is 1.20. The molecule has 2 saturated carbocycles. The second-order valence-corrected chi connectivity index (χ2v) is 11.1. The lowest BCUT2D eigenvalue weighted by Crippen LogP contribution is -2.34. The Balaban J connectivity index is 1.16. The summed E-state index contributed by atoms with van der Waals surface area (Å²) >= 11 is 5.97. The highest BCUT2D eigenvalue weighted by Crippen LogP contribution is 2.32. The molecule has 38 heavy (non-hydrogen) atoms. The van der Waals surface area contributed by atoms with Gasteiger partial charge in [0.1, 0.15) is 16.8 Å². The first-order valence-electron chi connectivity index (χ1n) is 13.6. The van der Waals surface area contributed by atoms with E-state index < -0.39 is 0 Å². The summed E-state index contributed by atoms with van der Waals surface area (Å²) in [6.45, 7) is 0.959. The maximum Gasteiger partial charge on any atom is 0.276 e. The second-order valence-electron chi connectivity index (χ2n) is 10.7. The molecule has 1 saturated heterocycles. The molecule has 3 aliphatic rings. The van der Waals surface area contributed by atoms with Gasteiger partial charge in [0.25, 0.3) is 5.91 Å².